The Morgan fingerprint density at radius 2 is 1.96 bits per heavy atom. The Morgan fingerprint density at radius 3 is 2.67 bits per heavy atom. The molecule has 3 rings (SSSR count). The van der Waals surface area contributed by atoms with Crippen LogP contribution in [0.2, 0.25) is 0 Å². The molecule has 1 N–H and O–H groups in total. The Labute approximate surface area is 157 Å². The van der Waals surface area contributed by atoms with Gasteiger partial charge in [0.2, 0.25) is 5.91 Å². The Balaban J connectivity index is 1.91. The number of benzene rings is 1. The van der Waals surface area contributed by atoms with E-state index in [0.717, 1.165) is 16.9 Å². The highest BCUT2D eigenvalue weighted by Crippen LogP contribution is 2.24. The summed E-state index contributed by atoms with van der Waals surface area (Å²) in [6.07, 6.45) is 1.74. The van der Waals surface area contributed by atoms with Crippen molar-refractivity contribution in [1.29, 1.82) is 0 Å². The fourth-order valence-electron chi connectivity index (χ4n) is 3.14. The molecule has 7 heteroatoms. The summed E-state index contributed by atoms with van der Waals surface area (Å²) in [7, 11) is 1.58. The Kier molecular flexibility index (Phi) is 5.71. The molecule has 0 bridgehead atoms. The largest absolute Gasteiger partial charge is 0.383 e. The van der Waals surface area contributed by atoms with E-state index in [1.165, 1.54) is 10.9 Å². The van der Waals surface area contributed by atoms with E-state index in [-0.39, 0.29) is 24.4 Å². The molecule has 2 heterocycles. The zero-order chi connectivity index (χ0) is 19.4. The second-order valence-corrected chi connectivity index (χ2v) is 6.42. The van der Waals surface area contributed by atoms with Crippen LogP contribution in [-0.2, 0) is 16.1 Å². The van der Waals surface area contributed by atoms with Gasteiger partial charge < -0.3 is 10.1 Å². The summed E-state index contributed by atoms with van der Waals surface area (Å²) < 4.78 is 8.40. The van der Waals surface area contributed by atoms with Crippen molar-refractivity contribution in [2.45, 2.75) is 26.8 Å². The maximum atomic E-state index is 13.0. The number of fused-ring (bicyclic) bond motifs is 1. The van der Waals surface area contributed by atoms with Crippen molar-refractivity contribution < 1.29 is 9.53 Å². The third-order valence-electron chi connectivity index (χ3n) is 4.71. The molecule has 0 saturated heterocycles. The molecule has 27 heavy (non-hydrogen) atoms. The number of hydrogen-bond donors (Lipinski definition) is 1. The van der Waals surface area contributed by atoms with Gasteiger partial charge in [-0.15, -0.1) is 0 Å². The Bertz CT molecular complexity index is 1010. The third kappa shape index (κ3) is 3.78. The van der Waals surface area contributed by atoms with Crippen molar-refractivity contribution in [3.8, 4) is 5.69 Å². The molecular formula is C20H24N4O3. The lowest BCUT2D eigenvalue weighted by Gasteiger charge is -2.09. The summed E-state index contributed by atoms with van der Waals surface area (Å²) in [5.41, 5.74) is 3.37. The van der Waals surface area contributed by atoms with Crippen LogP contribution in [0.1, 0.15) is 17.7 Å². The highest BCUT2D eigenvalue weighted by Gasteiger charge is 2.17. The lowest BCUT2D eigenvalue weighted by Crippen LogP contribution is -2.29. The van der Waals surface area contributed by atoms with Crippen LogP contribution in [0.25, 0.3) is 16.7 Å². The molecule has 0 unspecified atom stereocenters. The van der Waals surface area contributed by atoms with E-state index in [9.17, 15) is 9.59 Å². The summed E-state index contributed by atoms with van der Waals surface area (Å²) >= 11 is 0. The first-order valence-corrected chi connectivity index (χ1v) is 8.92. The maximum Gasteiger partial charge on any atom is 0.263 e. The van der Waals surface area contributed by atoms with E-state index in [1.807, 2.05) is 48.7 Å². The van der Waals surface area contributed by atoms with Crippen LogP contribution in [0, 0.1) is 13.8 Å². The topological polar surface area (TPSA) is 78.2 Å². The summed E-state index contributed by atoms with van der Waals surface area (Å²) in [6.45, 7) is 5.12. The van der Waals surface area contributed by atoms with Crippen LogP contribution in [-0.4, -0.2) is 40.3 Å². The van der Waals surface area contributed by atoms with Crippen LogP contribution in [0.5, 0.6) is 0 Å². The molecule has 3 aromatic rings. The quantitative estimate of drug-likeness (QED) is 0.647. The number of para-hydroxylation sites is 1. The van der Waals surface area contributed by atoms with Crippen LogP contribution < -0.4 is 10.9 Å². The minimum absolute atomic E-state index is 0.117. The van der Waals surface area contributed by atoms with Crippen LogP contribution in [0.4, 0.5) is 0 Å². The van der Waals surface area contributed by atoms with Crippen molar-refractivity contribution in [1.82, 2.24) is 19.4 Å². The molecule has 1 aromatic carbocycles. The lowest BCUT2D eigenvalue weighted by atomic mass is 10.2. The van der Waals surface area contributed by atoms with Crippen LogP contribution >= 0.6 is 0 Å². The van der Waals surface area contributed by atoms with Crippen molar-refractivity contribution in [3.05, 3.63) is 58.3 Å². The highest BCUT2D eigenvalue weighted by molar-refractivity contribution is 5.83. The van der Waals surface area contributed by atoms with Gasteiger partial charge in [-0.05, 0) is 31.5 Å². The smallest absolute Gasteiger partial charge is 0.263 e. The third-order valence-corrected chi connectivity index (χ3v) is 4.71. The second kappa shape index (κ2) is 8.18. The zero-order valence-electron chi connectivity index (χ0n) is 15.9. The van der Waals surface area contributed by atoms with E-state index in [0.29, 0.717) is 24.2 Å². The summed E-state index contributed by atoms with van der Waals surface area (Å²) in [5.74, 6) is -0.117. The van der Waals surface area contributed by atoms with Gasteiger partial charge >= 0.3 is 0 Å². The maximum absolute atomic E-state index is 13.0. The van der Waals surface area contributed by atoms with Crippen molar-refractivity contribution in [3.63, 3.8) is 0 Å². The van der Waals surface area contributed by atoms with E-state index >= 15 is 0 Å². The number of aryl methyl sites for hydroxylation is 2. The minimum atomic E-state index is -0.125. The molecule has 0 aliphatic carbocycles. The van der Waals surface area contributed by atoms with Crippen molar-refractivity contribution in [2.24, 2.45) is 0 Å². The van der Waals surface area contributed by atoms with Gasteiger partial charge in [0.05, 0.1) is 18.3 Å². The van der Waals surface area contributed by atoms with Gasteiger partial charge in [-0.3, -0.25) is 18.7 Å². The fourth-order valence-corrected chi connectivity index (χ4v) is 3.14. The van der Waals surface area contributed by atoms with Gasteiger partial charge in [0, 0.05) is 38.0 Å². The van der Waals surface area contributed by atoms with Gasteiger partial charge in [-0.2, -0.15) is 0 Å². The molecule has 0 atom stereocenters. The van der Waals surface area contributed by atoms with Gasteiger partial charge in [-0.1, -0.05) is 18.2 Å². The predicted molar refractivity (Wildman–Crippen MR) is 104 cm³/mol. The number of carbonyl (C=O) groups excluding carboxylic acids is 1. The number of nitrogens with zero attached hydrogens (tertiary/aromatic N) is 3. The molecule has 1 amide bonds. The van der Waals surface area contributed by atoms with E-state index < -0.39 is 0 Å². The summed E-state index contributed by atoms with van der Waals surface area (Å²) in [4.78, 5) is 29.4. The molecule has 7 nitrogen and oxygen atoms in total. The molecule has 0 fully saturated rings. The SMILES string of the molecule is COCCNC(=O)CCn1cnc2c(c(C)c(C)n2-c2ccccc2)c1=O. The van der Waals surface area contributed by atoms with Gasteiger partial charge in [0.25, 0.3) is 5.56 Å². The van der Waals surface area contributed by atoms with Crippen LogP contribution in [0.3, 0.4) is 0 Å². The number of carbonyl (C=O) groups is 1. The zero-order valence-corrected chi connectivity index (χ0v) is 15.9. The van der Waals surface area contributed by atoms with Crippen molar-refractivity contribution in [2.75, 3.05) is 20.3 Å². The highest BCUT2D eigenvalue weighted by atomic mass is 16.5. The van der Waals surface area contributed by atoms with Gasteiger partial charge in [0.15, 0.2) is 5.65 Å². The molecular weight excluding hydrogens is 344 g/mol. The van der Waals surface area contributed by atoms with E-state index in [4.69, 9.17) is 4.74 Å². The Hall–Kier alpha value is -2.93. The van der Waals surface area contributed by atoms with Gasteiger partial charge in [0.1, 0.15) is 0 Å². The number of rotatable bonds is 7. The number of hydrogen-bond acceptors (Lipinski definition) is 4. The number of amides is 1. The molecule has 0 aliphatic heterocycles. The van der Waals surface area contributed by atoms with E-state index in [2.05, 4.69) is 10.3 Å². The number of aromatic nitrogens is 3. The summed E-state index contributed by atoms with van der Waals surface area (Å²) in [5, 5.41) is 3.35. The first kappa shape index (κ1) is 18.8. The van der Waals surface area contributed by atoms with E-state index in [1.54, 1.807) is 7.11 Å². The Morgan fingerprint density at radius 1 is 1.22 bits per heavy atom. The first-order chi connectivity index (χ1) is 13.0. The molecule has 0 aliphatic rings. The monoisotopic (exact) mass is 368 g/mol. The van der Waals surface area contributed by atoms with Gasteiger partial charge in [-0.25, -0.2) is 4.98 Å². The second-order valence-electron chi connectivity index (χ2n) is 6.42. The van der Waals surface area contributed by atoms with Crippen molar-refractivity contribution >= 4 is 16.9 Å². The molecule has 0 radical (unpaired) electrons. The normalized spacial score (nSPS) is 11.1. The van der Waals surface area contributed by atoms with Crippen LogP contribution in [0.15, 0.2) is 41.5 Å². The number of methoxy groups -OCH3 is 1. The minimum Gasteiger partial charge on any atom is -0.383 e. The first-order valence-electron chi connectivity index (χ1n) is 8.92. The lowest BCUT2D eigenvalue weighted by molar-refractivity contribution is -0.121. The molecule has 0 saturated carbocycles. The number of nitrogens with one attached hydrogen (secondary N) is 1. The number of ether oxygens (including phenoxy) is 1. The fraction of sp³-hybridized carbons (Fsp3) is 0.350. The standard InChI is InChI=1S/C20H24N4O3/c1-14-15(2)24(16-7-5-4-6-8-16)19-18(14)20(26)23(13-22-19)11-9-17(25)21-10-12-27-3/h4-8,13H,9-12H2,1-3H3,(H,21,25). The predicted octanol–water partition coefficient (Wildman–Crippen LogP) is 1.96. The average Bonchev–Trinajstić information content (AvgIpc) is 2.93. The molecule has 142 valence electrons. The summed E-state index contributed by atoms with van der Waals surface area (Å²) in [6, 6.07) is 9.85. The average molecular weight is 368 g/mol. The molecule has 0 spiro atoms. The molecule has 2 aromatic heterocycles.